The monoisotopic (exact) mass is 300 g/mol. The van der Waals surface area contributed by atoms with Crippen LogP contribution in [0, 0.1) is 0 Å². The fraction of sp³-hybridized carbons (Fsp3) is 0.471. The van der Waals surface area contributed by atoms with E-state index in [2.05, 4.69) is 57.4 Å². The molecule has 0 saturated carbocycles. The third-order valence-corrected chi connectivity index (χ3v) is 4.22. The first kappa shape index (κ1) is 15.2. The number of ether oxygens (including phenoxy) is 1. The standard InChI is InChI=1S/C17H24N4O/c1-14(17-18-7-8-19-17)20-13-16(15-5-3-2-4-6-15)21-9-11-22-12-10-21/h2-8,14,16,20H,9-13H2,1H3,(H,18,19)/t14-,16+/m0/s1. The Labute approximate surface area is 131 Å². The Kier molecular flexibility index (Phi) is 5.21. The average Bonchev–Trinajstić information content (AvgIpc) is 3.11. The second-order valence-corrected chi connectivity index (χ2v) is 5.68. The fourth-order valence-electron chi connectivity index (χ4n) is 2.92. The minimum Gasteiger partial charge on any atom is -0.379 e. The maximum atomic E-state index is 5.49. The molecule has 2 N–H and O–H groups in total. The average molecular weight is 300 g/mol. The van der Waals surface area contributed by atoms with E-state index in [1.165, 1.54) is 5.56 Å². The van der Waals surface area contributed by atoms with Gasteiger partial charge in [0.15, 0.2) is 0 Å². The van der Waals surface area contributed by atoms with Crippen LogP contribution < -0.4 is 5.32 Å². The summed E-state index contributed by atoms with van der Waals surface area (Å²) in [6.07, 6.45) is 3.66. The maximum Gasteiger partial charge on any atom is 0.122 e. The minimum atomic E-state index is 0.210. The van der Waals surface area contributed by atoms with E-state index >= 15 is 0 Å². The van der Waals surface area contributed by atoms with Crippen molar-refractivity contribution in [1.82, 2.24) is 20.2 Å². The second-order valence-electron chi connectivity index (χ2n) is 5.68. The van der Waals surface area contributed by atoms with E-state index < -0.39 is 0 Å². The summed E-state index contributed by atoms with van der Waals surface area (Å²) < 4.78 is 5.49. The largest absolute Gasteiger partial charge is 0.379 e. The SMILES string of the molecule is C[C@H](NC[C@H](c1ccccc1)N1CCOCC1)c1ncc[nH]1. The number of morpholine rings is 1. The molecule has 0 aliphatic carbocycles. The van der Waals surface area contributed by atoms with Crippen molar-refractivity contribution in [2.75, 3.05) is 32.8 Å². The molecule has 0 radical (unpaired) electrons. The van der Waals surface area contributed by atoms with Crippen LogP contribution in [0.4, 0.5) is 0 Å². The van der Waals surface area contributed by atoms with E-state index in [1.807, 2.05) is 6.20 Å². The van der Waals surface area contributed by atoms with Gasteiger partial charge in [-0.25, -0.2) is 4.98 Å². The third kappa shape index (κ3) is 3.74. The van der Waals surface area contributed by atoms with E-state index in [1.54, 1.807) is 6.20 Å². The van der Waals surface area contributed by atoms with Crippen molar-refractivity contribution in [3.05, 3.63) is 54.1 Å². The molecule has 1 aromatic carbocycles. The van der Waals surface area contributed by atoms with Gasteiger partial charge in [0.25, 0.3) is 0 Å². The molecule has 0 unspecified atom stereocenters. The zero-order valence-electron chi connectivity index (χ0n) is 13.0. The van der Waals surface area contributed by atoms with Crippen molar-refractivity contribution in [3.8, 4) is 0 Å². The molecular formula is C17H24N4O. The number of hydrogen-bond donors (Lipinski definition) is 2. The Morgan fingerprint density at radius 2 is 2.05 bits per heavy atom. The number of aromatic amines is 1. The maximum absolute atomic E-state index is 5.49. The van der Waals surface area contributed by atoms with E-state index in [0.717, 1.165) is 38.7 Å². The minimum absolute atomic E-state index is 0.210. The van der Waals surface area contributed by atoms with Crippen LogP contribution in [-0.4, -0.2) is 47.7 Å². The van der Waals surface area contributed by atoms with Crippen molar-refractivity contribution in [3.63, 3.8) is 0 Å². The summed E-state index contributed by atoms with van der Waals surface area (Å²) in [6, 6.07) is 11.3. The zero-order valence-corrected chi connectivity index (χ0v) is 13.0. The van der Waals surface area contributed by atoms with E-state index in [4.69, 9.17) is 4.74 Å². The second kappa shape index (κ2) is 7.54. The molecule has 1 aliphatic heterocycles. The molecule has 2 atom stereocenters. The summed E-state index contributed by atoms with van der Waals surface area (Å²) in [6.45, 7) is 6.63. The van der Waals surface area contributed by atoms with Crippen LogP contribution in [0.2, 0.25) is 0 Å². The molecule has 2 aromatic rings. The summed E-state index contributed by atoms with van der Waals surface area (Å²) in [5, 5.41) is 3.60. The predicted molar refractivity (Wildman–Crippen MR) is 86.6 cm³/mol. The van der Waals surface area contributed by atoms with Gasteiger partial charge in [-0.15, -0.1) is 0 Å². The molecule has 1 fully saturated rings. The predicted octanol–water partition coefficient (Wildman–Crippen LogP) is 2.13. The Hall–Kier alpha value is -1.69. The number of imidazole rings is 1. The topological polar surface area (TPSA) is 53.2 Å². The Bertz CT molecular complexity index is 537. The smallest absolute Gasteiger partial charge is 0.122 e. The first-order valence-electron chi connectivity index (χ1n) is 7.94. The number of H-pyrrole nitrogens is 1. The van der Waals surface area contributed by atoms with Crippen molar-refractivity contribution < 1.29 is 4.74 Å². The summed E-state index contributed by atoms with van der Waals surface area (Å²) in [7, 11) is 0. The number of hydrogen-bond acceptors (Lipinski definition) is 4. The van der Waals surface area contributed by atoms with Crippen molar-refractivity contribution in [2.45, 2.75) is 19.0 Å². The lowest BCUT2D eigenvalue weighted by Crippen LogP contribution is -2.43. The van der Waals surface area contributed by atoms with Gasteiger partial charge in [0.2, 0.25) is 0 Å². The first-order chi connectivity index (χ1) is 10.8. The zero-order chi connectivity index (χ0) is 15.2. The summed E-state index contributed by atoms with van der Waals surface area (Å²) in [5.74, 6) is 0.980. The van der Waals surface area contributed by atoms with Crippen LogP contribution in [-0.2, 0) is 4.74 Å². The van der Waals surface area contributed by atoms with Gasteiger partial charge in [0.05, 0.1) is 19.3 Å². The first-order valence-corrected chi connectivity index (χ1v) is 7.94. The normalized spacial score (nSPS) is 19.0. The van der Waals surface area contributed by atoms with E-state index in [0.29, 0.717) is 6.04 Å². The Morgan fingerprint density at radius 3 is 2.73 bits per heavy atom. The van der Waals surface area contributed by atoms with Crippen LogP contribution >= 0.6 is 0 Å². The molecule has 1 aliphatic rings. The third-order valence-electron chi connectivity index (χ3n) is 4.22. The molecule has 0 spiro atoms. The molecular weight excluding hydrogens is 276 g/mol. The van der Waals surface area contributed by atoms with Crippen molar-refractivity contribution in [2.24, 2.45) is 0 Å². The molecule has 5 nitrogen and oxygen atoms in total. The van der Waals surface area contributed by atoms with Gasteiger partial charge >= 0.3 is 0 Å². The molecule has 0 amide bonds. The van der Waals surface area contributed by atoms with Gasteiger partial charge in [-0.2, -0.15) is 0 Å². The summed E-state index contributed by atoms with van der Waals surface area (Å²) in [4.78, 5) is 10.0. The van der Waals surface area contributed by atoms with Gasteiger partial charge in [-0.05, 0) is 12.5 Å². The number of rotatable bonds is 6. The van der Waals surface area contributed by atoms with Gasteiger partial charge in [-0.3, -0.25) is 4.90 Å². The number of benzene rings is 1. The molecule has 5 heteroatoms. The molecule has 1 saturated heterocycles. The number of aromatic nitrogens is 2. The van der Waals surface area contributed by atoms with Crippen LogP contribution in [0.15, 0.2) is 42.7 Å². The molecule has 1 aromatic heterocycles. The number of nitrogens with one attached hydrogen (secondary N) is 2. The molecule has 3 rings (SSSR count). The molecule has 22 heavy (non-hydrogen) atoms. The van der Waals surface area contributed by atoms with Crippen molar-refractivity contribution in [1.29, 1.82) is 0 Å². The molecule has 0 bridgehead atoms. The van der Waals surface area contributed by atoms with Gasteiger partial charge in [-0.1, -0.05) is 30.3 Å². The number of nitrogens with zero attached hydrogens (tertiary/aromatic N) is 2. The van der Waals surface area contributed by atoms with Crippen LogP contribution in [0.1, 0.15) is 30.4 Å². The lowest BCUT2D eigenvalue weighted by molar-refractivity contribution is 0.0157. The quantitative estimate of drug-likeness (QED) is 0.858. The van der Waals surface area contributed by atoms with Gasteiger partial charge < -0.3 is 15.0 Å². The highest BCUT2D eigenvalue weighted by Crippen LogP contribution is 2.22. The summed E-state index contributed by atoms with van der Waals surface area (Å²) in [5.41, 5.74) is 1.35. The van der Waals surface area contributed by atoms with E-state index in [-0.39, 0.29) is 6.04 Å². The molecule has 2 heterocycles. The Balaban J connectivity index is 1.68. The van der Waals surface area contributed by atoms with Crippen LogP contribution in [0.3, 0.4) is 0 Å². The highest BCUT2D eigenvalue weighted by molar-refractivity contribution is 5.19. The van der Waals surface area contributed by atoms with Gasteiger partial charge in [0, 0.05) is 38.1 Å². The van der Waals surface area contributed by atoms with E-state index in [9.17, 15) is 0 Å². The van der Waals surface area contributed by atoms with Crippen LogP contribution in [0.25, 0.3) is 0 Å². The lowest BCUT2D eigenvalue weighted by atomic mass is 10.0. The summed E-state index contributed by atoms with van der Waals surface area (Å²) >= 11 is 0. The van der Waals surface area contributed by atoms with Gasteiger partial charge in [0.1, 0.15) is 5.82 Å². The Morgan fingerprint density at radius 1 is 1.27 bits per heavy atom. The lowest BCUT2D eigenvalue weighted by Gasteiger charge is -2.35. The van der Waals surface area contributed by atoms with Crippen molar-refractivity contribution >= 4 is 0 Å². The highest BCUT2D eigenvalue weighted by atomic mass is 16.5. The van der Waals surface area contributed by atoms with Crippen LogP contribution in [0.5, 0.6) is 0 Å². The fourth-order valence-corrected chi connectivity index (χ4v) is 2.92. The molecule has 118 valence electrons. The highest BCUT2D eigenvalue weighted by Gasteiger charge is 2.23.